The van der Waals surface area contributed by atoms with Crippen molar-refractivity contribution in [2.75, 3.05) is 6.61 Å². The fourth-order valence-corrected chi connectivity index (χ4v) is 10.2. The van der Waals surface area contributed by atoms with Gasteiger partial charge in [0.25, 0.3) is 0 Å². The van der Waals surface area contributed by atoms with E-state index < -0.39 is 70.9 Å². The Bertz CT molecular complexity index is 1140. The van der Waals surface area contributed by atoms with Crippen molar-refractivity contribution in [1.82, 2.24) is 0 Å². The van der Waals surface area contributed by atoms with Crippen molar-refractivity contribution in [3.63, 3.8) is 0 Å². The molecular formula is C29H40O11. The predicted molar refractivity (Wildman–Crippen MR) is 134 cm³/mol. The van der Waals surface area contributed by atoms with Gasteiger partial charge >= 0.3 is 11.9 Å². The Kier molecular flexibility index (Phi) is 5.94. The second kappa shape index (κ2) is 8.72. The molecule has 11 nitrogen and oxygen atoms in total. The quantitative estimate of drug-likeness (QED) is 0.232. The summed E-state index contributed by atoms with van der Waals surface area (Å²) in [7, 11) is 0. The fraction of sp³-hybridized carbons (Fsp3) is 0.862. The van der Waals surface area contributed by atoms with Gasteiger partial charge < -0.3 is 44.5 Å². The molecular weight excluding hydrogens is 524 g/mol. The van der Waals surface area contributed by atoms with Gasteiger partial charge in [-0.25, -0.2) is 4.79 Å². The molecule has 0 spiro atoms. The van der Waals surface area contributed by atoms with Crippen molar-refractivity contribution >= 4 is 11.9 Å². The third-order valence-electron chi connectivity index (χ3n) is 12.3. The SMILES string of the molecule is CC1OC(OC2CCC34C(=O)OC(CC5C3CCC3(C)C(C6=CC(=O)OC6)CCC53O)C4(O)C2)C(O)C(O)C1O. The Labute approximate surface area is 232 Å². The van der Waals surface area contributed by atoms with Crippen LogP contribution in [0.15, 0.2) is 11.6 Å². The van der Waals surface area contributed by atoms with E-state index in [1.165, 1.54) is 0 Å². The third-order valence-corrected chi connectivity index (χ3v) is 12.3. The maximum absolute atomic E-state index is 13.6. The topological polar surface area (TPSA) is 172 Å². The molecule has 0 amide bonds. The summed E-state index contributed by atoms with van der Waals surface area (Å²) in [5.41, 5.74) is -3.31. The molecule has 4 aliphatic carbocycles. The highest BCUT2D eigenvalue weighted by Crippen LogP contribution is 2.73. The van der Waals surface area contributed by atoms with E-state index >= 15 is 0 Å². The Morgan fingerprint density at radius 1 is 0.950 bits per heavy atom. The second-order valence-corrected chi connectivity index (χ2v) is 13.7. The standard InChI is InChI=1S/C29H40O11/c1-13-21(31)22(32)23(33)24(38-13)39-15-3-7-27-17-4-6-26(2)16(14-9-20(30)37-12-14)5-8-28(26,35)18(17)10-19(40-25(27)34)29(27,36)11-15/h9,13,15-19,21-24,31-33,35-36H,3-8,10-12H2,1-2H3. The molecule has 11 heteroatoms. The van der Waals surface area contributed by atoms with Crippen LogP contribution in [-0.4, -0.2) is 98.2 Å². The van der Waals surface area contributed by atoms with Crippen LogP contribution in [0.4, 0.5) is 0 Å². The molecule has 2 bridgehead atoms. The molecule has 0 aromatic carbocycles. The molecule has 6 fully saturated rings. The zero-order chi connectivity index (χ0) is 28.4. The lowest BCUT2D eigenvalue weighted by Crippen LogP contribution is -2.71. The molecule has 3 heterocycles. The van der Waals surface area contributed by atoms with E-state index in [1.807, 2.05) is 0 Å². The molecule has 14 unspecified atom stereocenters. The number of cyclic esters (lactones) is 1. The average Bonchev–Trinajstić information content (AvgIpc) is 3.49. The maximum Gasteiger partial charge on any atom is 0.331 e. The summed E-state index contributed by atoms with van der Waals surface area (Å²) in [5.74, 6) is -1.26. The van der Waals surface area contributed by atoms with Gasteiger partial charge in [-0.2, -0.15) is 0 Å². The summed E-state index contributed by atoms with van der Waals surface area (Å²) >= 11 is 0. The molecule has 7 aliphatic rings. The highest BCUT2D eigenvalue weighted by molar-refractivity contribution is 5.85. The van der Waals surface area contributed by atoms with Crippen molar-refractivity contribution in [3.8, 4) is 0 Å². The number of hydrogen-bond acceptors (Lipinski definition) is 11. The maximum atomic E-state index is 13.6. The van der Waals surface area contributed by atoms with Crippen molar-refractivity contribution in [2.45, 2.75) is 119 Å². The van der Waals surface area contributed by atoms with Crippen LogP contribution in [0.25, 0.3) is 0 Å². The molecule has 4 saturated carbocycles. The molecule has 5 N–H and O–H groups in total. The van der Waals surface area contributed by atoms with E-state index in [2.05, 4.69) is 6.92 Å². The normalized spacial score (nSPS) is 57.0. The van der Waals surface area contributed by atoms with Crippen LogP contribution in [-0.2, 0) is 28.5 Å². The Balaban J connectivity index is 1.15. The van der Waals surface area contributed by atoms with Gasteiger partial charge in [0.05, 0.1) is 17.8 Å². The van der Waals surface area contributed by atoms with Crippen LogP contribution in [0.2, 0.25) is 0 Å². The molecule has 0 radical (unpaired) electrons. The first kappa shape index (κ1) is 27.2. The van der Waals surface area contributed by atoms with Crippen molar-refractivity contribution in [1.29, 1.82) is 0 Å². The van der Waals surface area contributed by atoms with E-state index in [4.69, 9.17) is 18.9 Å². The van der Waals surface area contributed by atoms with Gasteiger partial charge in [0, 0.05) is 17.9 Å². The highest BCUT2D eigenvalue weighted by atomic mass is 16.7. The minimum absolute atomic E-state index is 0.0137. The van der Waals surface area contributed by atoms with Crippen molar-refractivity contribution in [2.24, 2.45) is 28.6 Å². The summed E-state index contributed by atoms with van der Waals surface area (Å²) in [4.78, 5) is 25.5. The number of fused-ring (bicyclic) bond motifs is 3. The van der Waals surface area contributed by atoms with Crippen molar-refractivity contribution < 1.29 is 54.1 Å². The number of rotatable bonds is 3. The van der Waals surface area contributed by atoms with Gasteiger partial charge in [0.1, 0.15) is 42.0 Å². The monoisotopic (exact) mass is 564 g/mol. The fourth-order valence-electron chi connectivity index (χ4n) is 10.2. The summed E-state index contributed by atoms with van der Waals surface area (Å²) in [6.07, 6.45) is -2.19. The summed E-state index contributed by atoms with van der Waals surface area (Å²) in [6.45, 7) is 3.93. The van der Waals surface area contributed by atoms with Crippen LogP contribution in [0, 0.1) is 28.6 Å². The number of carbonyl (C=O) groups excluding carboxylic acids is 2. The molecule has 0 aromatic heterocycles. The molecule has 222 valence electrons. The Morgan fingerprint density at radius 3 is 2.45 bits per heavy atom. The van der Waals surface area contributed by atoms with E-state index in [0.717, 1.165) is 12.0 Å². The minimum atomic E-state index is -1.51. The molecule has 14 atom stereocenters. The number of aliphatic hydroxyl groups excluding tert-OH is 3. The van der Waals surface area contributed by atoms with Gasteiger partial charge in [-0.15, -0.1) is 0 Å². The number of ether oxygens (including phenoxy) is 4. The largest absolute Gasteiger partial charge is 0.459 e. The summed E-state index contributed by atoms with van der Waals surface area (Å²) in [6, 6.07) is 0. The van der Waals surface area contributed by atoms with E-state index in [9.17, 15) is 35.1 Å². The number of carbonyl (C=O) groups is 2. The molecule has 7 rings (SSSR count). The van der Waals surface area contributed by atoms with E-state index in [0.29, 0.717) is 38.5 Å². The smallest absolute Gasteiger partial charge is 0.331 e. The van der Waals surface area contributed by atoms with Crippen LogP contribution in [0.1, 0.15) is 65.2 Å². The van der Waals surface area contributed by atoms with Crippen LogP contribution < -0.4 is 0 Å². The van der Waals surface area contributed by atoms with Gasteiger partial charge in [-0.05, 0) is 75.2 Å². The first-order valence-electron chi connectivity index (χ1n) is 14.7. The Morgan fingerprint density at radius 2 is 1.73 bits per heavy atom. The molecule has 0 aromatic rings. The third kappa shape index (κ3) is 3.25. The first-order valence-corrected chi connectivity index (χ1v) is 14.7. The van der Waals surface area contributed by atoms with Gasteiger partial charge in [0.15, 0.2) is 6.29 Å². The minimum Gasteiger partial charge on any atom is -0.459 e. The van der Waals surface area contributed by atoms with Crippen molar-refractivity contribution in [3.05, 3.63) is 11.6 Å². The van der Waals surface area contributed by atoms with Gasteiger partial charge in [0.2, 0.25) is 0 Å². The van der Waals surface area contributed by atoms with Gasteiger partial charge in [-0.3, -0.25) is 4.79 Å². The second-order valence-electron chi connectivity index (χ2n) is 13.7. The molecule has 40 heavy (non-hydrogen) atoms. The summed E-state index contributed by atoms with van der Waals surface area (Å²) < 4.78 is 22.8. The highest BCUT2D eigenvalue weighted by Gasteiger charge is 2.80. The number of esters is 2. The number of aliphatic hydroxyl groups is 5. The summed E-state index contributed by atoms with van der Waals surface area (Å²) in [5, 5.41) is 55.4. The Hall–Kier alpha value is -1.60. The van der Waals surface area contributed by atoms with Crippen LogP contribution in [0.3, 0.4) is 0 Å². The lowest BCUT2D eigenvalue weighted by Gasteiger charge is -2.63. The predicted octanol–water partition coefficient (Wildman–Crippen LogP) is 0.0864. The molecule has 3 aliphatic heterocycles. The van der Waals surface area contributed by atoms with E-state index in [1.54, 1.807) is 13.0 Å². The first-order chi connectivity index (χ1) is 18.9. The molecule has 2 saturated heterocycles. The average molecular weight is 565 g/mol. The zero-order valence-corrected chi connectivity index (χ0v) is 22.9. The van der Waals surface area contributed by atoms with Crippen LogP contribution in [0.5, 0.6) is 0 Å². The lowest BCUT2D eigenvalue weighted by atomic mass is 9.41. The number of hydrogen-bond donors (Lipinski definition) is 5. The van der Waals surface area contributed by atoms with Gasteiger partial charge in [-0.1, -0.05) is 6.92 Å². The zero-order valence-electron chi connectivity index (χ0n) is 22.9. The van der Waals surface area contributed by atoms with E-state index in [-0.39, 0.29) is 36.8 Å². The van der Waals surface area contributed by atoms with Crippen LogP contribution >= 0.6 is 0 Å². The lowest BCUT2D eigenvalue weighted by molar-refractivity contribution is -0.317.